The third-order valence-corrected chi connectivity index (χ3v) is 4.47. The minimum Gasteiger partial charge on any atom is -0.337 e. The molecule has 4 nitrogen and oxygen atoms in total. The van der Waals surface area contributed by atoms with Gasteiger partial charge in [0.2, 0.25) is 3.79 Å². The van der Waals surface area contributed by atoms with Crippen molar-refractivity contribution in [1.82, 2.24) is 15.3 Å². The van der Waals surface area contributed by atoms with E-state index in [1.54, 1.807) is 0 Å². The van der Waals surface area contributed by atoms with Gasteiger partial charge < -0.3 is 10.3 Å². The third kappa shape index (κ3) is 3.91. The zero-order valence-electron chi connectivity index (χ0n) is 9.87. The molecule has 20 heavy (non-hydrogen) atoms. The molecule has 1 aromatic carbocycles. The molecule has 1 aromatic heterocycles. The average Bonchev–Trinajstić information content (AvgIpc) is 2.79. The maximum atomic E-state index is 12.3. The number of alkyl halides is 4. The highest BCUT2D eigenvalue weighted by Crippen LogP contribution is 2.38. The molecular formula is C11H9Cl3FN3OS. The molecule has 0 fully saturated rings. The molecular weight excluding hydrogens is 348 g/mol. The number of rotatable bonds is 4. The Bertz CT molecular complexity index is 583. The number of amides is 1. The first-order chi connectivity index (χ1) is 9.40. The molecule has 0 aliphatic heterocycles. The van der Waals surface area contributed by atoms with Gasteiger partial charge in [0.25, 0.3) is 5.91 Å². The van der Waals surface area contributed by atoms with E-state index in [0.717, 1.165) is 22.8 Å². The summed E-state index contributed by atoms with van der Waals surface area (Å²) in [6.07, 6.45) is 0. The summed E-state index contributed by atoms with van der Waals surface area (Å²) in [6, 6.07) is 7.36. The standard InChI is InChI=1S/C11H9Cl3FN3OS/c12-11(13,14)9(18-8(19)5-15)20-10-16-6-3-1-2-4-7(6)17-10/h1-4,9H,5H2,(H,16,17)(H,18,19)/t9-/m0/s1. The van der Waals surface area contributed by atoms with Crippen LogP contribution in [0.25, 0.3) is 11.0 Å². The van der Waals surface area contributed by atoms with Crippen molar-refractivity contribution in [2.24, 2.45) is 0 Å². The van der Waals surface area contributed by atoms with Crippen molar-refractivity contribution in [1.29, 1.82) is 0 Å². The van der Waals surface area contributed by atoms with Crippen LogP contribution in [-0.2, 0) is 4.79 Å². The molecule has 9 heteroatoms. The SMILES string of the molecule is O=C(CF)N[C@@H](Sc1nc2ccccc2[nH]1)C(Cl)(Cl)Cl. The molecule has 0 bridgehead atoms. The smallest absolute Gasteiger partial charge is 0.252 e. The molecule has 0 radical (unpaired) electrons. The van der Waals surface area contributed by atoms with Gasteiger partial charge in [-0.15, -0.1) is 0 Å². The molecule has 2 rings (SSSR count). The number of H-pyrrole nitrogens is 1. The van der Waals surface area contributed by atoms with Crippen LogP contribution in [0.3, 0.4) is 0 Å². The van der Waals surface area contributed by atoms with E-state index >= 15 is 0 Å². The number of hydrogen-bond donors (Lipinski definition) is 2. The van der Waals surface area contributed by atoms with E-state index in [1.807, 2.05) is 24.3 Å². The predicted molar refractivity (Wildman–Crippen MR) is 80.1 cm³/mol. The van der Waals surface area contributed by atoms with Crippen LogP contribution in [0.4, 0.5) is 4.39 Å². The van der Waals surface area contributed by atoms with E-state index in [4.69, 9.17) is 34.8 Å². The van der Waals surface area contributed by atoms with Crippen LogP contribution in [0.1, 0.15) is 0 Å². The molecule has 108 valence electrons. The quantitative estimate of drug-likeness (QED) is 0.501. The van der Waals surface area contributed by atoms with E-state index in [9.17, 15) is 9.18 Å². The fraction of sp³-hybridized carbons (Fsp3) is 0.273. The first-order valence-electron chi connectivity index (χ1n) is 5.43. The number of imidazole rings is 1. The lowest BCUT2D eigenvalue weighted by molar-refractivity contribution is -0.122. The second kappa shape index (κ2) is 6.39. The first-order valence-corrected chi connectivity index (χ1v) is 7.45. The third-order valence-electron chi connectivity index (χ3n) is 2.31. The van der Waals surface area contributed by atoms with Crippen molar-refractivity contribution < 1.29 is 9.18 Å². The summed E-state index contributed by atoms with van der Waals surface area (Å²) in [4.78, 5) is 18.4. The number of nitrogens with one attached hydrogen (secondary N) is 2. The summed E-state index contributed by atoms with van der Waals surface area (Å²) in [7, 11) is 0. The number of halogens is 4. The number of aromatic amines is 1. The van der Waals surface area contributed by atoms with Crippen LogP contribution in [0.15, 0.2) is 29.4 Å². The van der Waals surface area contributed by atoms with E-state index in [1.165, 1.54) is 0 Å². The van der Waals surface area contributed by atoms with Gasteiger partial charge in [0.05, 0.1) is 11.0 Å². The molecule has 0 saturated carbocycles. The van der Waals surface area contributed by atoms with E-state index in [0.29, 0.717) is 5.16 Å². The highest BCUT2D eigenvalue weighted by atomic mass is 35.6. The Hall–Kier alpha value is -0.690. The number of carbonyl (C=O) groups is 1. The average molecular weight is 357 g/mol. The number of carbonyl (C=O) groups excluding carboxylic acids is 1. The molecule has 0 aliphatic rings. The Morgan fingerprint density at radius 2 is 2.15 bits per heavy atom. The molecule has 0 aliphatic carbocycles. The number of benzene rings is 1. The van der Waals surface area contributed by atoms with E-state index in [2.05, 4.69) is 15.3 Å². The Kier molecular flexibility index (Phi) is 5.01. The van der Waals surface area contributed by atoms with Crippen LogP contribution in [0.2, 0.25) is 0 Å². The van der Waals surface area contributed by atoms with Gasteiger partial charge >= 0.3 is 0 Å². The van der Waals surface area contributed by atoms with Crippen molar-refractivity contribution >= 4 is 63.5 Å². The molecule has 2 aromatic rings. The Labute approximate surface area is 133 Å². The molecule has 1 atom stereocenters. The van der Waals surface area contributed by atoms with Crippen molar-refractivity contribution in [3.63, 3.8) is 0 Å². The minimum atomic E-state index is -1.80. The lowest BCUT2D eigenvalue weighted by atomic mass is 10.3. The maximum Gasteiger partial charge on any atom is 0.252 e. The van der Waals surface area contributed by atoms with Crippen molar-refractivity contribution in [2.75, 3.05) is 6.67 Å². The minimum absolute atomic E-state index is 0.460. The number of fused-ring (bicyclic) bond motifs is 1. The predicted octanol–water partition coefficient (Wildman–Crippen LogP) is 3.44. The highest BCUT2D eigenvalue weighted by molar-refractivity contribution is 8.00. The molecule has 0 spiro atoms. The fourth-order valence-electron chi connectivity index (χ4n) is 1.46. The van der Waals surface area contributed by atoms with Crippen LogP contribution >= 0.6 is 46.6 Å². The van der Waals surface area contributed by atoms with Gasteiger partial charge in [0.1, 0.15) is 5.37 Å². The molecule has 1 amide bonds. The second-order valence-electron chi connectivity index (χ2n) is 3.80. The van der Waals surface area contributed by atoms with Gasteiger partial charge in [0, 0.05) is 0 Å². The van der Waals surface area contributed by atoms with Crippen molar-refractivity contribution in [3.8, 4) is 0 Å². The summed E-state index contributed by atoms with van der Waals surface area (Å²) >= 11 is 18.3. The summed E-state index contributed by atoms with van der Waals surface area (Å²) in [5.74, 6) is -0.857. The number of thioether (sulfide) groups is 1. The lowest BCUT2D eigenvalue weighted by Crippen LogP contribution is -2.42. The Balaban J connectivity index is 2.20. The van der Waals surface area contributed by atoms with Gasteiger partial charge in [-0.05, 0) is 12.1 Å². The summed E-state index contributed by atoms with van der Waals surface area (Å²) < 4.78 is 10.5. The normalized spacial score (nSPS) is 13.4. The van der Waals surface area contributed by atoms with E-state index < -0.39 is 21.7 Å². The summed E-state index contributed by atoms with van der Waals surface area (Å²) in [6.45, 7) is -1.18. The Morgan fingerprint density at radius 1 is 1.45 bits per heavy atom. The van der Waals surface area contributed by atoms with E-state index in [-0.39, 0.29) is 0 Å². The monoisotopic (exact) mass is 355 g/mol. The largest absolute Gasteiger partial charge is 0.337 e. The summed E-state index contributed by atoms with van der Waals surface area (Å²) in [5, 5.41) is 1.79. The molecule has 0 unspecified atom stereocenters. The summed E-state index contributed by atoms with van der Waals surface area (Å²) in [5.41, 5.74) is 1.56. The van der Waals surface area contributed by atoms with Gasteiger partial charge in [-0.3, -0.25) is 4.79 Å². The second-order valence-corrected chi connectivity index (χ2v) is 7.26. The molecule has 0 saturated heterocycles. The van der Waals surface area contributed by atoms with Crippen LogP contribution < -0.4 is 5.32 Å². The molecule has 2 N–H and O–H groups in total. The van der Waals surface area contributed by atoms with Crippen LogP contribution in [0, 0.1) is 0 Å². The van der Waals surface area contributed by atoms with Crippen LogP contribution in [0.5, 0.6) is 0 Å². The number of aromatic nitrogens is 2. The van der Waals surface area contributed by atoms with Gasteiger partial charge in [0.15, 0.2) is 11.8 Å². The van der Waals surface area contributed by atoms with Gasteiger partial charge in [-0.1, -0.05) is 58.7 Å². The fourth-order valence-corrected chi connectivity index (χ4v) is 2.89. The number of para-hydroxylation sites is 2. The van der Waals surface area contributed by atoms with Crippen LogP contribution in [-0.4, -0.2) is 31.7 Å². The first kappa shape index (κ1) is 15.7. The zero-order valence-corrected chi connectivity index (χ0v) is 13.0. The zero-order chi connectivity index (χ0) is 14.8. The topological polar surface area (TPSA) is 57.8 Å². The number of hydrogen-bond acceptors (Lipinski definition) is 3. The number of nitrogens with zero attached hydrogens (tertiary/aromatic N) is 1. The lowest BCUT2D eigenvalue weighted by Gasteiger charge is -2.23. The van der Waals surface area contributed by atoms with Crippen molar-refractivity contribution in [2.45, 2.75) is 14.3 Å². The highest BCUT2D eigenvalue weighted by Gasteiger charge is 2.35. The molecule has 1 heterocycles. The van der Waals surface area contributed by atoms with Gasteiger partial charge in [-0.2, -0.15) is 0 Å². The van der Waals surface area contributed by atoms with Gasteiger partial charge in [-0.25, -0.2) is 9.37 Å². The Morgan fingerprint density at radius 3 is 2.75 bits per heavy atom. The maximum absolute atomic E-state index is 12.3. The van der Waals surface area contributed by atoms with Crippen molar-refractivity contribution in [3.05, 3.63) is 24.3 Å².